The molecule has 1 N–H and O–H groups in total. The topological polar surface area (TPSA) is 69.7 Å². The summed E-state index contributed by atoms with van der Waals surface area (Å²) in [4.78, 5) is 40.6. The van der Waals surface area contributed by atoms with E-state index in [0.717, 1.165) is 32.0 Å². The molecule has 2 heterocycles. The van der Waals surface area contributed by atoms with Crippen molar-refractivity contribution in [3.63, 3.8) is 0 Å². The lowest BCUT2D eigenvalue weighted by Gasteiger charge is -2.33. The maximum Gasteiger partial charge on any atom is 0.252 e. The molecule has 3 amide bonds. The average molecular weight is 410 g/mol. The highest BCUT2D eigenvalue weighted by Gasteiger charge is 2.31. The molecule has 0 aliphatic carbocycles. The van der Waals surface area contributed by atoms with Gasteiger partial charge in [0.05, 0.1) is 10.6 Å². The van der Waals surface area contributed by atoms with Crippen molar-refractivity contribution in [3.05, 3.63) is 34.6 Å². The van der Waals surface area contributed by atoms with E-state index in [-0.39, 0.29) is 41.3 Å². The summed E-state index contributed by atoms with van der Waals surface area (Å²) in [7, 11) is 0. The zero-order chi connectivity index (χ0) is 20.1. The van der Waals surface area contributed by atoms with Crippen molar-refractivity contribution in [2.24, 2.45) is 5.92 Å². The van der Waals surface area contributed by atoms with Crippen molar-refractivity contribution >= 4 is 29.3 Å². The molecule has 0 unspecified atom stereocenters. The van der Waals surface area contributed by atoms with Crippen LogP contribution in [-0.2, 0) is 9.59 Å². The summed E-state index contributed by atoms with van der Waals surface area (Å²) in [5.41, 5.74) is 0.178. The number of carbonyl (C=O) groups excluding carboxylic acids is 3. The van der Waals surface area contributed by atoms with Gasteiger partial charge < -0.3 is 15.1 Å². The first kappa shape index (κ1) is 20.6. The number of carbonyl (C=O) groups is 3. The first-order valence-electron chi connectivity index (χ1n) is 9.75. The number of nitrogens with one attached hydrogen (secondary N) is 1. The van der Waals surface area contributed by atoms with E-state index in [1.54, 1.807) is 4.90 Å². The number of benzene rings is 1. The third-order valence-corrected chi connectivity index (χ3v) is 5.73. The van der Waals surface area contributed by atoms with Gasteiger partial charge >= 0.3 is 0 Å². The normalized spacial score (nSPS) is 17.6. The molecule has 0 spiro atoms. The second-order valence-electron chi connectivity index (χ2n) is 7.32. The summed E-state index contributed by atoms with van der Waals surface area (Å²) in [5, 5.41) is 2.67. The number of rotatable bonds is 5. The number of piperidine rings is 1. The van der Waals surface area contributed by atoms with Crippen LogP contribution in [0.25, 0.3) is 0 Å². The number of likely N-dealkylation sites (tertiary alicyclic amines) is 2. The lowest BCUT2D eigenvalue weighted by atomic mass is 9.95. The third kappa shape index (κ3) is 5.01. The lowest BCUT2D eigenvalue weighted by Crippen LogP contribution is -2.44. The molecule has 6 nitrogen and oxygen atoms in total. The Morgan fingerprint density at radius 1 is 1.07 bits per heavy atom. The Labute approximate surface area is 169 Å². The van der Waals surface area contributed by atoms with E-state index >= 15 is 0 Å². The van der Waals surface area contributed by atoms with Gasteiger partial charge in [-0.25, -0.2) is 4.39 Å². The Kier molecular flexibility index (Phi) is 6.88. The number of halogens is 2. The predicted molar refractivity (Wildman–Crippen MR) is 103 cm³/mol. The fourth-order valence-electron chi connectivity index (χ4n) is 3.78. The van der Waals surface area contributed by atoms with Crippen molar-refractivity contribution in [1.29, 1.82) is 0 Å². The summed E-state index contributed by atoms with van der Waals surface area (Å²) in [6.07, 6.45) is 3.72. The Morgan fingerprint density at radius 3 is 2.39 bits per heavy atom. The number of hydrogen-bond donors (Lipinski definition) is 1. The molecule has 28 heavy (non-hydrogen) atoms. The summed E-state index contributed by atoms with van der Waals surface area (Å²) in [6.45, 7) is 3.03. The highest BCUT2D eigenvalue weighted by Crippen LogP contribution is 2.22. The van der Waals surface area contributed by atoms with Crippen LogP contribution in [0.15, 0.2) is 18.2 Å². The molecule has 0 saturated carbocycles. The van der Waals surface area contributed by atoms with Gasteiger partial charge in [0, 0.05) is 45.1 Å². The monoisotopic (exact) mass is 409 g/mol. The van der Waals surface area contributed by atoms with E-state index < -0.39 is 11.7 Å². The highest BCUT2D eigenvalue weighted by atomic mass is 35.5. The molecule has 2 fully saturated rings. The molecule has 2 aliphatic heterocycles. The molecule has 0 atom stereocenters. The van der Waals surface area contributed by atoms with Gasteiger partial charge in [0.2, 0.25) is 11.8 Å². The smallest absolute Gasteiger partial charge is 0.252 e. The van der Waals surface area contributed by atoms with Crippen LogP contribution in [0.4, 0.5) is 4.39 Å². The van der Waals surface area contributed by atoms with Gasteiger partial charge in [-0.15, -0.1) is 0 Å². The van der Waals surface area contributed by atoms with E-state index in [1.165, 1.54) is 12.1 Å². The molecule has 0 aromatic heterocycles. The number of amides is 3. The van der Waals surface area contributed by atoms with Gasteiger partial charge in [0.1, 0.15) is 5.82 Å². The van der Waals surface area contributed by atoms with E-state index in [0.29, 0.717) is 25.9 Å². The third-order valence-electron chi connectivity index (χ3n) is 5.41. The van der Waals surface area contributed by atoms with Crippen molar-refractivity contribution in [1.82, 2.24) is 15.1 Å². The molecule has 1 aromatic carbocycles. The Hall–Kier alpha value is -2.15. The molecular weight excluding hydrogens is 385 g/mol. The average Bonchev–Trinajstić information content (AvgIpc) is 3.22. The van der Waals surface area contributed by atoms with Gasteiger partial charge in [-0.1, -0.05) is 11.6 Å². The van der Waals surface area contributed by atoms with Gasteiger partial charge in [-0.05, 0) is 43.9 Å². The van der Waals surface area contributed by atoms with E-state index in [2.05, 4.69) is 5.32 Å². The summed E-state index contributed by atoms with van der Waals surface area (Å²) >= 11 is 5.87. The number of nitrogens with zero attached hydrogens (tertiary/aromatic N) is 2. The largest absolute Gasteiger partial charge is 0.351 e. The van der Waals surface area contributed by atoms with Crippen molar-refractivity contribution in [2.75, 3.05) is 32.7 Å². The molecule has 2 aliphatic rings. The van der Waals surface area contributed by atoms with Crippen LogP contribution >= 0.6 is 11.6 Å². The van der Waals surface area contributed by atoms with Crippen LogP contribution in [0.3, 0.4) is 0 Å². The minimum Gasteiger partial charge on any atom is -0.351 e. The molecular formula is C20H25ClFN3O3. The fourth-order valence-corrected chi connectivity index (χ4v) is 4.03. The standard InChI is InChI=1S/C20H25ClFN3O3/c21-17-13-15(22)3-4-16(17)19(27)23-8-5-18(26)24-11-6-14(7-12-24)20(28)25-9-1-2-10-25/h3-4,13-14H,1-2,5-12H2,(H,23,27). The SMILES string of the molecule is O=C(NCCC(=O)N1CCC(C(=O)N2CCCC2)CC1)c1ccc(F)cc1Cl. The lowest BCUT2D eigenvalue weighted by molar-refractivity contribution is -0.140. The number of hydrogen-bond acceptors (Lipinski definition) is 3. The molecule has 2 saturated heterocycles. The quantitative estimate of drug-likeness (QED) is 0.812. The predicted octanol–water partition coefficient (Wildman–Crippen LogP) is 2.46. The minimum atomic E-state index is -0.511. The van der Waals surface area contributed by atoms with Crippen LogP contribution in [0, 0.1) is 11.7 Å². The molecule has 1 aromatic rings. The molecule has 0 radical (unpaired) electrons. The Balaban J connectivity index is 1.39. The first-order valence-corrected chi connectivity index (χ1v) is 10.1. The van der Waals surface area contributed by atoms with Crippen molar-refractivity contribution in [2.45, 2.75) is 32.1 Å². The summed E-state index contributed by atoms with van der Waals surface area (Å²) in [5.74, 6) is -0.746. The van der Waals surface area contributed by atoms with E-state index in [9.17, 15) is 18.8 Å². The van der Waals surface area contributed by atoms with Gasteiger partial charge in [0.15, 0.2) is 0 Å². The highest BCUT2D eigenvalue weighted by molar-refractivity contribution is 6.33. The molecule has 152 valence electrons. The van der Waals surface area contributed by atoms with Gasteiger partial charge in [-0.3, -0.25) is 14.4 Å². The minimum absolute atomic E-state index is 0.0162. The summed E-state index contributed by atoms with van der Waals surface area (Å²) in [6, 6.07) is 3.56. The van der Waals surface area contributed by atoms with Crippen LogP contribution in [0.5, 0.6) is 0 Å². The molecule has 8 heteroatoms. The Morgan fingerprint density at radius 2 is 1.75 bits per heavy atom. The van der Waals surface area contributed by atoms with Crippen molar-refractivity contribution in [3.8, 4) is 0 Å². The van der Waals surface area contributed by atoms with Crippen LogP contribution in [0.1, 0.15) is 42.5 Å². The van der Waals surface area contributed by atoms with Gasteiger partial charge in [0.25, 0.3) is 5.91 Å². The fraction of sp³-hybridized carbons (Fsp3) is 0.550. The first-order chi connectivity index (χ1) is 13.5. The van der Waals surface area contributed by atoms with E-state index in [1.807, 2.05) is 4.90 Å². The van der Waals surface area contributed by atoms with Crippen molar-refractivity contribution < 1.29 is 18.8 Å². The second-order valence-corrected chi connectivity index (χ2v) is 7.72. The zero-order valence-corrected chi connectivity index (χ0v) is 16.5. The maximum atomic E-state index is 13.0. The Bertz CT molecular complexity index is 744. The molecule has 3 rings (SSSR count). The van der Waals surface area contributed by atoms with E-state index in [4.69, 9.17) is 11.6 Å². The van der Waals surface area contributed by atoms with Crippen LogP contribution in [0.2, 0.25) is 5.02 Å². The summed E-state index contributed by atoms with van der Waals surface area (Å²) < 4.78 is 13.0. The molecule has 0 bridgehead atoms. The zero-order valence-electron chi connectivity index (χ0n) is 15.8. The van der Waals surface area contributed by atoms with Crippen LogP contribution in [-0.4, -0.2) is 60.2 Å². The maximum absolute atomic E-state index is 13.0. The second kappa shape index (κ2) is 9.37. The van der Waals surface area contributed by atoms with Crippen LogP contribution < -0.4 is 5.32 Å². The van der Waals surface area contributed by atoms with Gasteiger partial charge in [-0.2, -0.15) is 0 Å².